The van der Waals surface area contributed by atoms with E-state index in [1.54, 1.807) is 0 Å². The predicted molar refractivity (Wildman–Crippen MR) is 126 cm³/mol. The number of halogens is 1. The van der Waals surface area contributed by atoms with Gasteiger partial charge < -0.3 is 15.1 Å². The van der Waals surface area contributed by atoms with E-state index in [0.29, 0.717) is 17.9 Å². The van der Waals surface area contributed by atoms with Gasteiger partial charge in [0.05, 0.1) is 0 Å². The molecule has 2 fully saturated rings. The Morgan fingerprint density at radius 2 is 2.04 bits per heavy atom. The third-order valence-corrected chi connectivity index (χ3v) is 5.84. The van der Waals surface area contributed by atoms with Crippen molar-refractivity contribution in [3.05, 3.63) is 35.9 Å². The second-order valence-corrected chi connectivity index (χ2v) is 7.62. The van der Waals surface area contributed by atoms with Crippen LogP contribution in [-0.2, 0) is 4.79 Å². The van der Waals surface area contributed by atoms with E-state index in [2.05, 4.69) is 59.3 Å². The smallest absolute Gasteiger partial charge is 0.222 e. The molecule has 2 saturated heterocycles. The lowest BCUT2D eigenvalue weighted by Crippen LogP contribution is -2.40. The minimum absolute atomic E-state index is 0. The Labute approximate surface area is 187 Å². The summed E-state index contributed by atoms with van der Waals surface area (Å²) in [4.78, 5) is 21.4. The molecule has 1 aromatic rings. The zero-order valence-corrected chi connectivity index (χ0v) is 19.6. The van der Waals surface area contributed by atoms with Gasteiger partial charge in [-0.3, -0.25) is 9.79 Å². The zero-order chi connectivity index (χ0) is 19.1. The fourth-order valence-electron chi connectivity index (χ4n) is 4.33. The molecule has 1 amide bonds. The lowest BCUT2D eigenvalue weighted by molar-refractivity contribution is -0.129. The molecule has 2 aliphatic heterocycles. The highest BCUT2D eigenvalue weighted by Crippen LogP contribution is 2.27. The number of nitrogens with zero attached hydrogens (tertiary/aromatic N) is 3. The van der Waals surface area contributed by atoms with Crippen molar-refractivity contribution in [3.63, 3.8) is 0 Å². The average molecular weight is 498 g/mol. The fraction of sp³-hybridized carbons (Fsp3) is 0.636. The number of likely N-dealkylation sites (tertiary alicyclic amines) is 2. The van der Waals surface area contributed by atoms with Gasteiger partial charge in [0.2, 0.25) is 5.91 Å². The monoisotopic (exact) mass is 498 g/mol. The first-order valence-electron chi connectivity index (χ1n) is 10.6. The van der Waals surface area contributed by atoms with Crippen LogP contribution in [0.4, 0.5) is 0 Å². The van der Waals surface area contributed by atoms with Crippen LogP contribution in [-0.4, -0.2) is 60.4 Å². The topological polar surface area (TPSA) is 47.9 Å². The largest absolute Gasteiger partial charge is 0.357 e. The highest BCUT2D eigenvalue weighted by Gasteiger charge is 2.27. The molecule has 0 spiro atoms. The van der Waals surface area contributed by atoms with Gasteiger partial charge in [-0.25, -0.2) is 0 Å². The number of carbonyl (C=O) groups excluding carboxylic acids is 1. The Kier molecular flexibility index (Phi) is 9.55. The molecule has 6 heteroatoms. The number of guanidine groups is 1. The lowest BCUT2D eigenvalue weighted by atomic mass is 9.99. The van der Waals surface area contributed by atoms with Gasteiger partial charge in [-0.2, -0.15) is 0 Å². The maximum atomic E-state index is 12.0. The van der Waals surface area contributed by atoms with Gasteiger partial charge in [0, 0.05) is 51.1 Å². The second kappa shape index (κ2) is 11.6. The Hall–Kier alpha value is -1.31. The molecule has 28 heavy (non-hydrogen) atoms. The molecule has 0 aliphatic carbocycles. The highest BCUT2D eigenvalue weighted by atomic mass is 127. The van der Waals surface area contributed by atoms with E-state index < -0.39 is 0 Å². The molecule has 0 radical (unpaired) electrons. The third-order valence-electron chi connectivity index (χ3n) is 5.84. The second-order valence-electron chi connectivity index (χ2n) is 7.62. The number of rotatable bonds is 7. The summed E-state index contributed by atoms with van der Waals surface area (Å²) in [5, 5.41) is 3.46. The van der Waals surface area contributed by atoms with Gasteiger partial charge in [-0.15, -0.1) is 24.0 Å². The Bertz CT molecular complexity index is 637. The maximum Gasteiger partial charge on any atom is 0.222 e. The van der Waals surface area contributed by atoms with E-state index in [1.165, 1.54) is 12.0 Å². The van der Waals surface area contributed by atoms with Crippen molar-refractivity contribution in [2.75, 3.05) is 32.7 Å². The molecule has 0 bridgehead atoms. The lowest BCUT2D eigenvalue weighted by Gasteiger charge is -2.27. The normalized spacial score (nSPS) is 21.0. The minimum atomic E-state index is 0. The average Bonchev–Trinajstić information content (AvgIpc) is 3.35. The van der Waals surface area contributed by atoms with Crippen LogP contribution in [0.25, 0.3) is 0 Å². The van der Waals surface area contributed by atoms with E-state index in [4.69, 9.17) is 4.99 Å². The van der Waals surface area contributed by atoms with Gasteiger partial charge in [0.25, 0.3) is 0 Å². The maximum absolute atomic E-state index is 12.0. The van der Waals surface area contributed by atoms with Crippen LogP contribution >= 0.6 is 24.0 Å². The van der Waals surface area contributed by atoms with Crippen LogP contribution in [0.15, 0.2) is 35.3 Å². The van der Waals surface area contributed by atoms with Crippen molar-refractivity contribution in [1.29, 1.82) is 0 Å². The summed E-state index contributed by atoms with van der Waals surface area (Å²) in [7, 11) is 0. The Balaban J connectivity index is 0.00000280. The molecule has 1 aromatic carbocycles. The summed E-state index contributed by atoms with van der Waals surface area (Å²) in [6.45, 7) is 8.95. The van der Waals surface area contributed by atoms with E-state index in [1.807, 2.05) is 0 Å². The Morgan fingerprint density at radius 3 is 2.68 bits per heavy atom. The molecule has 1 N–H and O–H groups in total. The van der Waals surface area contributed by atoms with Crippen molar-refractivity contribution in [2.45, 2.75) is 57.9 Å². The van der Waals surface area contributed by atoms with Crippen molar-refractivity contribution in [1.82, 2.24) is 15.1 Å². The van der Waals surface area contributed by atoms with Crippen LogP contribution in [0.3, 0.4) is 0 Å². The molecule has 2 heterocycles. The number of nitrogens with one attached hydrogen (secondary N) is 1. The zero-order valence-electron chi connectivity index (χ0n) is 17.3. The molecule has 2 aliphatic rings. The van der Waals surface area contributed by atoms with Crippen molar-refractivity contribution in [2.24, 2.45) is 4.99 Å². The summed E-state index contributed by atoms with van der Waals surface area (Å²) >= 11 is 0. The first kappa shape index (κ1) is 23.0. The highest BCUT2D eigenvalue weighted by molar-refractivity contribution is 14.0. The van der Waals surface area contributed by atoms with Crippen molar-refractivity contribution < 1.29 is 4.79 Å². The van der Waals surface area contributed by atoms with Crippen LogP contribution < -0.4 is 5.32 Å². The molecule has 3 rings (SSSR count). The summed E-state index contributed by atoms with van der Waals surface area (Å²) in [6, 6.07) is 11.1. The SMILES string of the molecule is CCNC(=NCCC(CC)N1CCCC1=O)N1CCC(c2ccccc2)C1.I. The van der Waals surface area contributed by atoms with E-state index in [-0.39, 0.29) is 24.0 Å². The predicted octanol–water partition coefficient (Wildman–Crippen LogP) is 3.85. The molecule has 2 atom stereocenters. The number of benzene rings is 1. The molecule has 156 valence electrons. The quantitative estimate of drug-likeness (QED) is 0.353. The number of hydrogen-bond acceptors (Lipinski definition) is 2. The van der Waals surface area contributed by atoms with Crippen LogP contribution in [0.1, 0.15) is 57.4 Å². The first-order chi connectivity index (χ1) is 13.2. The van der Waals surface area contributed by atoms with Gasteiger partial charge in [-0.1, -0.05) is 37.3 Å². The number of hydrogen-bond donors (Lipinski definition) is 1. The molecule has 5 nitrogen and oxygen atoms in total. The van der Waals surface area contributed by atoms with E-state index in [9.17, 15) is 4.79 Å². The minimum Gasteiger partial charge on any atom is -0.357 e. The fourth-order valence-corrected chi connectivity index (χ4v) is 4.33. The molecule has 2 unspecified atom stereocenters. The summed E-state index contributed by atoms with van der Waals surface area (Å²) in [6.07, 6.45) is 4.87. The summed E-state index contributed by atoms with van der Waals surface area (Å²) in [5.74, 6) is 1.93. The molecular formula is C22H35IN4O. The third kappa shape index (κ3) is 5.84. The van der Waals surface area contributed by atoms with Crippen molar-refractivity contribution in [3.8, 4) is 0 Å². The van der Waals surface area contributed by atoms with Gasteiger partial charge in [0.15, 0.2) is 5.96 Å². The van der Waals surface area contributed by atoms with Gasteiger partial charge in [-0.05, 0) is 38.2 Å². The van der Waals surface area contributed by atoms with E-state index in [0.717, 1.165) is 64.4 Å². The van der Waals surface area contributed by atoms with Crippen molar-refractivity contribution >= 4 is 35.8 Å². The standard InChI is InChI=1S/C22H34N4O.HI/c1-3-20(26-15-8-11-21(26)27)12-14-24-22(23-4-2)25-16-13-19(17-25)18-9-6-5-7-10-18;/h5-7,9-10,19-20H,3-4,8,11-17H2,1-2H3,(H,23,24);1H. The van der Waals surface area contributed by atoms with Gasteiger partial charge >= 0.3 is 0 Å². The molecule has 0 saturated carbocycles. The number of aliphatic imine (C=N–C) groups is 1. The van der Waals surface area contributed by atoms with Crippen LogP contribution in [0, 0.1) is 0 Å². The number of amides is 1. The summed E-state index contributed by atoms with van der Waals surface area (Å²) in [5.41, 5.74) is 1.43. The molecule has 0 aromatic heterocycles. The van der Waals surface area contributed by atoms with Gasteiger partial charge in [0.1, 0.15) is 0 Å². The summed E-state index contributed by atoms with van der Waals surface area (Å²) < 4.78 is 0. The van der Waals surface area contributed by atoms with E-state index >= 15 is 0 Å². The Morgan fingerprint density at radius 1 is 1.25 bits per heavy atom. The number of carbonyl (C=O) groups is 1. The van der Waals surface area contributed by atoms with Crippen LogP contribution in [0.2, 0.25) is 0 Å². The van der Waals surface area contributed by atoms with Crippen LogP contribution in [0.5, 0.6) is 0 Å². The molecular weight excluding hydrogens is 463 g/mol. The first-order valence-corrected chi connectivity index (χ1v) is 10.6.